The van der Waals surface area contributed by atoms with Gasteiger partial charge in [0, 0.05) is 33.2 Å². The summed E-state index contributed by atoms with van der Waals surface area (Å²) in [6.07, 6.45) is 1.95. The fourth-order valence-electron chi connectivity index (χ4n) is 2.56. The fraction of sp³-hybridized carbons (Fsp3) is 0.800. The number of rotatable bonds is 4. The van der Waals surface area contributed by atoms with E-state index < -0.39 is 5.97 Å². The standard InChI is InChI=1S/C15H28N4O2/c1-6-21-14(20)12(17-4)13(18-5)19-9-7-15(3,8-10-19)11(2)16/h11H,6-10,16H2,1-5H3. The van der Waals surface area contributed by atoms with Gasteiger partial charge in [0.15, 0.2) is 11.5 Å². The van der Waals surface area contributed by atoms with E-state index in [4.69, 9.17) is 10.5 Å². The van der Waals surface area contributed by atoms with Crippen molar-refractivity contribution >= 4 is 17.5 Å². The van der Waals surface area contributed by atoms with Gasteiger partial charge in [-0.15, -0.1) is 0 Å². The molecule has 6 heteroatoms. The minimum Gasteiger partial charge on any atom is -0.461 e. The van der Waals surface area contributed by atoms with Crippen LogP contribution in [0.3, 0.4) is 0 Å². The first kappa shape index (κ1) is 17.6. The Bertz CT molecular complexity index is 421. The van der Waals surface area contributed by atoms with E-state index in [0.29, 0.717) is 18.2 Å². The summed E-state index contributed by atoms with van der Waals surface area (Å²) in [5, 5.41) is 0. The molecule has 6 nitrogen and oxygen atoms in total. The van der Waals surface area contributed by atoms with Crippen LogP contribution in [0, 0.1) is 5.41 Å². The number of piperidine rings is 1. The van der Waals surface area contributed by atoms with E-state index in [1.807, 2.05) is 0 Å². The number of likely N-dealkylation sites (tertiary alicyclic amines) is 1. The van der Waals surface area contributed by atoms with Crippen molar-refractivity contribution in [2.45, 2.75) is 39.7 Å². The van der Waals surface area contributed by atoms with Crippen LogP contribution in [-0.4, -0.2) is 62.3 Å². The molecule has 1 rings (SSSR count). The molecule has 2 N–H and O–H groups in total. The summed E-state index contributed by atoms with van der Waals surface area (Å²) in [5.41, 5.74) is 6.52. The molecule has 120 valence electrons. The van der Waals surface area contributed by atoms with Gasteiger partial charge < -0.3 is 15.4 Å². The first-order valence-electron chi connectivity index (χ1n) is 7.51. The van der Waals surface area contributed by atoms with Gasteiger partial charge in [-0.05, 0) is 32.1 Å². The van der Waals surface area contributed by atoms with Gasteiger partial charge in [-0.2, -0.15) is 0 Å². The Hall–Kier alpha value is -1.43. The van der Waals surface area contributed by atoms with Gasteiger partial charge in [-0.1, -0.05) is 6.92 Å². The van der Waals surface area contributed by atoms with Crippen LogP contribution in [0.5, 0.6) is 0 Å². The quantitative estimate of drug-likeness (QED) is 0.478. The van der Waals surface area contributed by atoms with E-state index >= 15 is 0 Å². The first-order chi connectivity index (χ1) is 9.89. The molecule has 0 aromatic rings. The number of aliphatic imine (C=N–C) groups is 2. The molecule has 1 atom stereocenters. The number of nitrogens with two attached hydrogens (primary N) is 1. The minimum atomic E-state index is -0.416. The number of carbonyl (C=O) groups is 1. The van der Waals surface area contributed by atoms with Crippen molar-refractivity contribution in [2.75, 3.05) is 33.8 Å². The molecular weight excluding hydrogens is 268 g/mol. The van der Waals surface area contributed by atoms with Gasteiger partial charge in [-0.25, -0.2) is 4.79 Å². The van der Waals surface area contributed by atoms with Gasteiger partial charge in [0.25, 0.3) is 0 Å². The molecule has 1 aliphatic rings. The highest BCUT2D eigenvalue weighted by Gasteiger charge is 2.35. The van der Waals surface area contributed by atoms with Crippen LogP contribution in [-0.2, 0) is 9.53 Å². The molecule has 0 amide bonds. The van der Waals surface area contributed by atoms with Gasteiger partial charge in [0.1, 0.15) is 0 Å². The Kier molecular flexibility index (Phi) is 6.33. The SMILES string of the molecule is CCOC(=O)C(=NC)C(=NC)N1CCC(C)(C(C)N)CC1. The lowest BCUT2D eigenvalue weighted by Crippen LogP contribution is -2.51. The summed E-state index contributed by atoms with van der Waals surface area (Å²) in [5.74, 6) is 0.198. The topological polar surface area (TPSA) is 80.3 Å². The predicted octanol–water partition coefficient (Wildman–Crippen LogP) is 1.10. The second kappa shape index (κ2) is 7.54. The van der Waals surface area contributed by atoms with Crippen LogP contribution in [0.25, 0.3) is 0 Å². The van der Waals surface area contributed by atoms with Gasteiger partial charge in [0.2, 0.25) is 0 Å². The molecule has 0 bridgehead atoms. The van der Waals surface area contributed by atoms with E-state index in [1.165, 1.54) is 0 Å². The summed E-state index contributed by atoms with van der Waals surface area (Å²) in [6.45, 7) is 8.03. The summed E-state index contributed by atoms with van der Waals surface area (Å²) in [4.78, 5) is 22.4. The molecule has 1 fully saturated rings. The number of carbonyl (C=O) groups excluding carboxylic acids is 1. The average Bonchev–Trinajstić information content (AvgIpc) is 2.46. The monoisotopic (exact) mass is 296 g/mol. The van der Waals surface area contributed by atoms with E-state index in [0.717, 1.165) is 25.9 Å². The van der Waals surface area contributed by atoms with Gasteiger partial charge in [-0.3, -0.25) is 9.98 Å². The predicted molar refractivity (Wildman–Crippen MR) is 85.9 cm³/mol. The molecular formula is C15H28N4O2. The maximum Gasteiger partial charge on any atom is 0.360 e. The highest BCUT2D eigenvalue weighted by Crippen LogP contribution is 2.33. The van der Waals surface area contributed by atoms with Crippen molar-refractivity contribution in [1.29, 1.82) is 0 Å². The van der Waals surface area contributed by atoms with Gasteiger partial charge >= 0.3 is 5.97 Å². The lowest BCUT2D eigenvalue weighted by atomic mass is 9.75. The van der Waals surface area contributed by atoms with E-state index in [1.54, 1.807) is 21.0 Å². The van der Waals surface area contributed by atoms with Crippen molar-refractivity contribution in [2.24, 2.45) is 21.1 Å². The Morgan fingerprint density at radius 1 is 1.33 bits per heavy atom. The summed E-state index contributed by atoms with van der Waals surface area (Å²) < 4.78 is 5.05. The van der Waals surface area contributed by atoms with Gasteiger partial charge in [0.05, 0.1) is 6.61 Å². The Balaban J connectivity index is 2.82. The Morgan fingerprint density at radius 3 is 2.29 bits per heavy atom. The number of esters is 1. The molecule has 21 heavy (non-hydrogen) atoms. The maximum atomic E-state index is 12.0. The largest absolute Gasteiger partial charge is 0.461 e. The second-order valence-electron chi connectivity index (χ2n) is 5.77. The summed E-state index contributed by atoms with van der Waals surface area (Å²) in [7, 11) is 3.27. The van der Waals surface area contributed by atoms with Crippen LogP contribution >= 0.6 is 0 Å². The summed E-state index contributed by atoms with van der Waals surface area (Å²) >= 11 is 0. The lowest BCUT2D eigenvalue weighted by Gasteiger charge is -2.42. The van der Waals surface area contributed by atoms with Crippen LogP contribution in [0.1, 0.15) is 33.6 Å². The molecule has 1 heterocycles. The lowest BCUT2D eigenvalue weighted by molar-refractivity contribution is -0.134. The second-order valence-corrected chi connectivity index (χ2v) is 5.77. The molecule has 0 spiro atoms. The zero-order chi connectivity index (χ0) is 16.0. The first-order valence-corrected chi connectivity index (χ1v) is 7.51. The normalized spacial score (nSPS) is 21.1. The third-order valence-corrected chi connectivity index (χ3v) is 4.42. The third kappa shape index (κ3) is 4.03. The van der Waals surface area contributed by atoms with Crippen LogP contribution in [0.15, 0.2) is 9.98 Å². The molecule has 0 aliphatic carbocycles. The molecule has 0 radical (unpaired) electrons. The highest BCUT2D eigenvalue weighted by molar-refractivity contribution is 6.65. The zero-order valence-corrected chi connectivity index (χ0v) is 13.8. The minimum absolute atomic E-state index is 0.142. The van der Waals surface area contributed by atoms with Crippen molar-refractivity contribution in [1.82, 2.24) is 4.90 Å². The molecule has 1 saturated heterocycles. The van der Waals surface area contributed by atoms with Crippen molar-refractivity contribution in [3.63, 3.8) is 0 Å². The average molecular weight is 296 g/mol. The van der Waals surface area contributed by atoms with E-state index in [2.05, 4.69) is 28.7 Å². The van der Waals surface area contributed by atoms with Crippen LogP contribution in [0.2, 0.25) is 0 Å². The maximum absolute atomic E-state index is 12.0. The van der Waals surface area contributed by atoms with Crippen molar-refractivity contribution in [3.8, 4) is 0 Å². The van der Waals surface area contributed by atoms with E-state index in [-0.39, 0.29) is 11.5 Å². The number of nitrogens with zero attached hydrogens (tertiary/aromatic N) is 3. The smallest absolute Gasteiger partial charge is 0.360 e. The molecule has 0 saturated carbocycles. The molecule has 1 unspecified atom stereocenters. The third-order valence-electron chi connectivity index (χ3n) is 4.42. The van der Waals surface area contributed by atoms with Crippen LogP contribution in [0.4, 0.5) is 0 Å². The number of hydrogen-bond donors (Lipinski definition) is 1. The van der Waals surface area contributed by atoms with Crippen molar-refractivity contribution in [3.05, 3.63) is 0 Å². The highest BCUT2D eigenvalue weighted by atomic mass is 16.5. The van der Waals surface area contributed by atoms with Crippen LogP contribution < -0.4 is 5.73 Å². The van der Waals surface area contributed by atoms with E-state index in [9.17, 15) is 4.79 Å². The Morgan fingerprint density at radius 2 is 1.90 bits per heavy atom. The fourth-order valence-corrected chi connectivity index (χ4v) is 2.56. The number of ether oxygens (including phenoxy) is 1. The summed E-state index contributed by atoms with van der Waals surface area (Å²) in [6, 6.07) is 0.158. The molecule has 1 aliphatic heterocycles. The number of amidine groups is 1. The molecule has 0 aromatic carbocycles. The van der Waals surface area contributed by atoms with Crippen molar-refractivity contribution < 1.29 is 9.53 Å². The number of hydrogen-bond acceptors (Lipinski definition) is 5. The Labute approximate surface area is 127 Å². The molecule has 0 aromatic heterocycles. The zero-order valence-electron chi connectivity index (χ0n) is 13.8.